The number of ether oxygens (including phenoxy) is 1. The molecular weight excluding hydrogens is 462 g/mol. The fraction of sp³-hybridized carbons (Fsp3) is 0.103. The van der Waals surface area contributed by atoms with Gasteiger partial charge in [0.15, 0.2) is 5.65 Å². The minimum Gasteiger partial charge on any atom is -0.490 e. The molecule has 182 valence electrons. The Morgan fingerprint density at radius 1 is 0.919 bits per heavy atom. The predicted molar refractivity (Wildman–Crippen MR) is 146 cm³/mol. The van der Waals surface area contributed by atoms with Gasteiger partial charge in [0, 0.05) is 40.6 Å². The molecule has 4 heterocycles. The molecule has 8 heteroatoms. The van der Waals surface area contributed by atoms with Gasteiger partial charge in [-0.15, -0.1) is 0 Å². The summed E-state index contributed by atoms with van der Waals surface area (Å²) in [6.07, 6.45) is 7.69. The first-order valence-corrected chi connectivity index (χ1v) is 12.1. The molecule has 0 bridgehead atoms. The average Bonchev–Trinajstić information content (AvgIpc) is 3.35. The van der Waals surface area contributed by atoms with Crippen molar-refractivity contribution in [2.75, 3.05) is 11.9 Å². The summed E-state index contributed by atoms with van der Waals surface area (Å²) in [6, 6.07) is 23.8. The SMILES string of the molecule is N[C@@H](COc1cncc(-c2ccc3c(Nc4ccccc4)ncnc3n2)c1)Cc1c[nH]c2ccccc12. The van der Waals surface area contributed by atoms with E-state index in [1.54, 1.807) is 12.4 Å². The van der Waals surface area contributed by atoms with Crippen molar-refractivity contribution in [1.82, 2.24) is 24.9 Å². The summed E-state index contributed by atoms with van der Waals surface area (Å²) in [7, 11) is 0. The zero-order valence-electron chi connectivity index (χ0n) is 20.0. The summed E-state index contributed by atoms with van der Waals surface area (Å²) in [5.74, 6) is 1.34. The number of benzene rings is 2. The van der Waals surface area contributed by atoms with Crippen molar-refractivity contribution in [1.29, 1.82) is 0 Å². The molecule has 6 aromatic rings. The van der Waals surface area contributed by atoms with Gasteiger partial charge in [-0.25, -0.2) is 15.0 Å². The molecule has 0 amide bonds. The quantitative estimate of drug-likeness (QED) is 0.268. The minimum absolute atomic E-state index is 0.158. The zero-order valence-corrected chi connectivity index (χ0v) is 20.0. The lowest BCUT2D eigenvalue weighted by Gasteiger charge is -2.13. The van der Waals surface area contributed by atoms with E-state index in [2.05, 4.69) is 37.4 Å². The highest BCUT2D eigenvalue weighted by atomic mass is 16.5. The molecular formula is C29H25N7O. The summed E-state index contributed by atoms with van der Waals surface area (Å²) in [5.41, 5.74) is 11.8. The Bertz CT molecular complexity index is 1670. The number of pyridine rings is 2. The molecule has 0 spiro atoms. The number of nitrogens with one attached hydrogen (secondary N) is 2. The number of anilines is 2. The maximum atomic E-state index is 6.39. The fourth-order valence-electron chi connectivity index (χ4n) is 4.34. The van der Waals surface area contributed by atoms with Crippen molar-refractivity contribution in [3.05, 3.63) is 103 Å². The number of rotatable bonds is 8. The molecule has 4 aromatic heterocycles. The van der Waals surface area contributed by atoms with Gasteiger partial charge >= 0.3 is 0 Å². The van der Waals surface area contributed by atoms with E-state index >= 15 is 0 Å². The Labute approximate surface area is 213 Å². The number of nitrogens with two attached hydrogens (primary N) is 1. The Hall–Kier alpha value is -4.82. The first kappa shape index (κ1) is 22.6. The maximum Gasteiger partial charge on any atom is 0.165 e. The minimum atomic E-state index is -0.158. The molecule has 0 aliphatic heterocycles. The van der Waals surface area contributed by atoms with E-state index in [0.29, 0.717) is 30.2 Å². The third-order valence-electron chi connectivity index (χ3n) is 6.16. The highest BCUT2D eigenvalue weighted by molar-refractivity contribution is 5.89. The van der Waals surface area contributed by atoms with E-state index in [0.717, 1.165) is 27.8 Å². The van der Waals surface area contributed by atoms with Gasteiger partial charge in [-0.05, 0) is 48.4 Å². The van der Waals surface area contributed by atoms with Crippen molar-refractivity contribution in [3.8, 4) is 17.0 Å². The Morgan fingerprint density at radius 2 is 1.78 bits per heavy atom. The van der Waals surface area contributed by atoms with E-state index in [9.17, 15) is 0 Å². The molecule has 1 atom stereocenters. The molecule has 0 radical (unpaired) electrons. The Morgan fingerprint density at radius 3 is 2.70 bits per heavy atom. The first-order valence-electron chi connectivity index (χ1n) is 12.1. The van der Waals surface area contributed by atoms with Gasteiger partial charge < -0.3 is 20.8 Å². The molecule has 0 saturated carbocycles. The molecule has 2 aromatic carbocycles. The van der Waals surface area contributed by atoms with Crippen LogP contribution >= 0.6 is 0 Å². The van der Waals surface area contributed by atoms with E-state index in [-0.39, 0.29) is 6.04 Å². The van der Waals surface area contributed by atoms with Gasteiger partial charge in [-0.2, -0.15) is 0 Å². The van der Waals surface area contributed by atoms with Crippen LogP contribution in [0.15, 0.2) is 97.7 Å². The van der Waals surface area contributed by atoms with Crippen molar-refractivity contribution in [3.63, 3.8) is 0 Å². The van der Waals surface area contributed by atoms with Crippen LogP contribution in [0.25, 0.3) is 33.2 Å². The average molecular weight is 488 g/mol. The van der Waals surface area contributed by atoms with Crippen LogP contribution in [0.1, 0.15) is 5.56 Å². The van der Waals surface area contributed by atoms with Crippen LogP contribution in [0.5, 0.6) is 5.75 Å². The van der Waals surface area contributed by atoms with Gasteiger partial charge in [0.05, 0.1) is 17.3 Å². The number of H-pyrrole nitrogens is 1. The number of nitrogens with zero attached hydrogens (tertiary/aromatic N) is 4. The van der Waals surface area contributed by atoms with Crippen molar-refractivity contribution in [2.24, 2.45) is 5.73 Å². The molecule has 4 N–H and O–H groups in total. The summed E-state index contributed by atoms with van der Waals surface area (Å²) >= 11 is 0. The lowest BCUT2D eigenvalue weighted by molar-refractivity contribution is 0.287. The van der Waals surface area contributed by atoms with Crippen LogP contribution in [-0.4, -0.2) is 37.6 Å². The van der Waals surface area contributed by atoms with Crippen LogP contribution in [0, 0.1) is 0 Å². The van der Waals surface area contributed by atoms with E-state index < -0.39 is 0 Å². The lowest BCUT2D eigenvalue weighted by Crippen LogP contribution is -2.30. The van der Waals surface area contributed by atoms with Gasteiger partial charge in [0.1, 0.15) is 24.5 Å². The number of fused-ring (bicyclic) bond motifs is 2. The van der Waals surface area contributed by atoms with Gasteiger partial charge in [-0.1, -0.05) is 36.4 Å². The van der Waals surface area contributed by atoms with Gasteiger partial charge in [0.2, 0.25) is 0 Å². The monoisotopic (exact) mass is 487 g/mol. The number of aromatic amines is 1. The second-order valence-electron chi connectivity index (χ2n) is 8.82. The van der Waals surface area contributed by atoms with Crippen molar-refractivity contribution < 1.29 is 4.74 Å². The van der Waals surface area contributed by atoms with Gasteiger partial charge in [-0.3, -0.25) is 4.98 Å². The van der Waals surface area contributed by atoms with Gasteiger partial charge in [0.25, 0.3) is 0 Å². The molecule has 0 fully saturated rings. The first-order chi connectivity index (χ1) is 18.2. The van der Waals surface area contributed by atoms with Crippen LogP contribution < -0.4 is 15.8 Å². The molecule has 0 saturated heterocycles. The van der Waals surface area contributed by atoms with E-state index in [1.807, 2.05) is 66.9 Å². The lowest BCUT2D eigenvalue weighted by atomic mass is 10.1. The normalized spacial score (nSPS) is 12.0. The third kappa shape index (κ3) is 4.96. The van der Waals surface area contributed by atoms with Crippen LogP contribution in [-0.2, 0) is 6.42 Å². The third-order valence-corrected chi connectivity index (χ3v) is 6.16. The van der Waals surface area contributed by atoms with E-state index in [4.69, 9.17) is 15.5 Å². The zero-order chi connectivity index (χ0) is 25.0. The van der Waals surface area contributed by atoms with Crippen LogP contribution in [0.3, 0.4) is 0 Å². The Balaban J connectivity index is 1.16. The maximum absolute atomic E-state index is 6.39. The summed E-state index contributed by atoms with van der Waals surface area (Å²) in [4.78, 5) is 21.2. The van der Waals surface area contributed by atoms with Crippen molar-refractivity contribution >= 4 is 33.4 Å². The molecule has 0 aliphatic carbocycles. The highest BCUT2D eigenvalue weighted by Gasteiger charge is 2.12. The summed E-state index contributed by atoms with van der Waals surface area (Å²) < 4.78 is 6.00. The smallest absolute Gasteiger partial charge is 0.165 e. The Kier molecular flexibility index (Phi) is 6.14. The predicted octanol–water partition coefficient (Wildman–Crippen LogP) is 5.26. The molecule has 0 unspecified atom stereocenters. The molecule has 6 rings (SSSR count). The standard InChI is InChI=1S/C29H25N7O/c30-21(12-19-15-32-27-9-5-4-8-24(19)27)17-37-23-13-20(14-31-16-23)26-11-10-25-28(33-18-34-29(25)36-26)35-22-6-2-1-3-7-22/h1-11,13-16,18,21,32H,12,17,30H2,(H,33,34,35,36)/t21-/m1/s1. The van der Waals surface area contributed by atoms with Crippen molar-refractivity contribution in [2.45, 2.75) is 12.5 Å². The fourth-order valence-corrected chi connectivity index (χ4v) is 4.34. The molecule has 0 aliphatic rings. The summed E-state index contributed by atoms with van der Waals surface area (Å²) in [6.45, 7) is 0.373. The number of hydrogen-bond donors (Lipinski definition) is 3. The number of aromatic nitrogens is 5. The number of hydrogen-bond acceptors (Lipinski definition) is 7. The second-order valence-corrected chi connectivity index (χ2v) is 8.82. The second kappa shape index (κ2) is 10.0. The van der Waals surface area contributed by atoms with E-state index in [1.165, 1.54) is 17.3 Å². The molecule has 8 nitrogen and oxygen atoms in total. The van der Waals surface area contributed by atoms with Crippen LogP contribution in [0.4, 0.5) is 11.5 Å². The highest BCUT2D eigenvalue weighted by Crippen LogP contribution is 2.27. The van der Waals surface area contributed by atoms with Crippen LogP contribution in [0.2, 0.25) is 0 Å². The number of para-hydroxylation sites is 2. The topological polar surface area (TPSA) is 115 Å². The summed E-state index contributed by atoms with van der Waals surface area (Å²) in [5, 5.41) is 5.35. The molecule has 37 heavy (non-hydrogen) atoms. The largest absolute Gasteiger partial charge is 0.490 e.